The molecule has 1 fully saturated rings. The molecule has 34 heavy (non-hydrogen) atoms. The van der Waals surface area contributed by atoms with Gasteiger partial charge in [-0.2, -0.15) is 0 Å². The summed E-state index contributed by atoms with van der Waals surface area (Å²) in [5.74, 6) is -1.81. The maximum atomic E-state index is 15.0. The number of hydrogen-bond acceptors (Lipinski definition) is 5. The highest BCUT2D eigenvalue weighted by atomic mass is 19.1. The number of hydrogen-bond donors (Lipinski definition) is 1. The molecule has 178 valence electrons. The van der Waals surface area contributed by atoms with Crippen molar-refractivity contribution in [3.8, 4) is 11.1 Å². The van der Waals surface area contributed by atoms with Crippen molar-refractivity contribution >= 4 is 28.8 Å². The van der Waals surface area contributed by atoms with E-state index in [9.17, 15) is 23.6 Å². The Balaban J connectivity index is 1.67. The molecule has 2 amide bonds. The molecule has 2 aromatic carbocycles. The Morgan fingerprint density at radius 1 is 1.12 bits per heavy atom. The molecular weight excluding hydrogens is 441 g/mol. The predicted molar refractivity (Wildman–Crippen MR) is 124 cm³/mol. The van der Waals surface area contributed by atoms with E-state index in [-0.39, 0.29) is 25.2 Å². The molecule has 0 saturated carbocycles. The second-order valence-electron chi connectivity index (χ2n) is 9.46. The minimum atomic E-state index is -0.788. The van der Waals surface area contributed by atoms with E-state index in [0.717, 1.165) is 0 Å². The highest BCUT2D eigenvalue weighted by molar-refractivity contribution is 6.00. The van der Waals surface area contributed by atoms with Crippen LogP contribution in [0.25, 0.3) is 22.2 Å². The van der Waals surface area contributed by atoms with Crippen molar-refractivity contribution in [1.82, 2.24) is 14.5 Å². The van der Waals surface area contributed by atoms with Crippen molar-refractivity contribution < 1.29 is 23.5 Å². The van der Waals surface area contributed by atoms with Gasteiger partial charge < -0.3 is 4.74 Å². The number of carbonyl (C=O) groups excluding carboxylic acids is 3. The van der Waals surface area contributed by atoms with Gasteiger partial charge in [0, 0.05) is 19.0 Å². The molecule has 1 atom stereocenters. The monoisotopic (exact) mass is 467 g/mol. The van der Waals surface area contributed by atoms with E-state index in [4.69, 9.17) is 4.74 Å². The molecule has 2 heterocycles. The zero-order valence-electron chi connectivity index (χ0n) is 19.5. The summed E-state index contributed by atoms with van der Waals surface area (Å²) in [6.45, 7) is 5.31. The summed E-state index contributed by atoms with van der Waals surface area (Å²) in [4.78, 5) is 48.8. The number of halogens is 1. The first-order valence-electron chi connectivity index (χ1n) is 11.0. The summed E-state index contributed by atoms with van der Waals surface area (Å²) in [7, 11) is 1.58. The van der Waals surface area contributed by atoms with Crippen LogP contribution < -0.4 is 11.0 Å². The van der Waals surface area contributed by atoms with Gasteiger partial charge in [0.25, 0.3) is 0 Å². The lowest BCUT2D eigenvalue weighted by Crippen LogP contribution is -2.44. The van der Waals surface area contributed by atoms with Crippen LogP contribution >= 0.6 is 0 Å². The number of benzene rings is 2. The Hall–Kier alpha value is -3.75. The Morgan fingerprint density at radius 3 is 2.50 bits per heavy atom. The zero-order valence-corrected chi connectivity index (χ0v) is 19.5. The molecule has 1 aromatic heterocycles. The molecule has 1 unspecified atom stereocenters. The minimum absolute atomic E-state index is 0.0448. The number of esters is 1. The lowest BCUT2D eigenvalue weighted by molar-refractivity contribution is -0.154. The van der Waals surface area contributed by atoms with Crippen LogP contribution in [-0.4, -0.2) is 32.5 Å². The summed E-state index contributed by atoms with van der Waals surface area (Å²) >= 11 is 0. The van der Waals surface area contributed by atoms with Gasteiger partial charge in [-0.05, 0) is 56.5 Å². The number of nitrogens with zero attached hydrogens (tertiary/aromatic N) is 2. The van der Waals surface area contributed by atoms with Crippen LogP contribution in [0, 0.1) is 5.82 Å². The molecule has 3 aromatic rings. The fraction of sp³-hybridized carbons (Fsp3) is 0.360. The number of aromatic nitrogens is 2. The van der Waals surface area contributed by atoms with Crippen LogP contribution in [0.15, 0.2) is 41.2 Å². The Bertz CT molecular complexity index is 1380. The van der Waals surface area contributed by atoms with Crippen molar-refractivity contribution in [3.05, 3.63) is 58.3 Å². The van der Waals surface area contributed by atoms with Gasteiger partial charge in [-0.1, -0.05) is 18.2 Å². The molecule has 1 N–H and O–H groups in total. The maximum absolute atomic E-state index is 15.0. The summed E-state index contributed by atoms with van der Waals surface area (Å²) in [6, 6.07) is 8.80. The first kappa shape index (κ1) is 23.4. The van der Waals surface area contributed by atoms with Crippen LogP contribution in [0.3, 0.4) is 0 Å². The van der Waals surface area contributed by atoms with E-state index in [1.165, 1.54) is 15.2 Å². The summed E-state index contributed by atoms with van der Waals surface area (Å²) < 4.78 is 23.0. The number of ether oxygens (including phenoxy) is 1. The molecule has 0 radical (unpaired) electrons. The minimum Gasteiger partial charge on any atom is -0.460 e. The number of piperidine rings is 1. The number of amides is 2. The van der Waals surface area contributed by atoms with Gasteiger partial charge in [-0.25, -0.2) is 9.18 Å². The average Bonchev–Trinajstić information content (AvgIpc) is 2.97. The van der Waals surface area contributed by atoms with E-state index < -0.39 is 35.0 Å². The quantitative estimate of drug-likeness (QED) is 0.470. The van der Waals surface area contributed by atoms with E-state index in [0.29, 0.717) is 27.7 Å². The molecular formula is C25H26FN3O5. The van der Waals surface area contributed by atoms with Crippen molar-refractivity contribution in [2.75, 3.05) is 0 Å². The van der Waals surface area contributed by atoms with Gasteiger partial charge in [-0.3, -0.25) is 28.8 Å². The standard InChI is InChI=1S/C25H26FN3O5/c1-25(2,3)34-22(31)12-14-5-7-16(17(26)11-14)15-6-8-18-20(13-15)28(4)24(33)29(18)19-9-10-21(30)27-23(19)32/h5-8,11,13,19H,9-10,12H2,1-4H3,(H,27,30,32). The molecule has 0 aliphatic carbocycles. The van der Waals surface area contributed by atoms with Gasteiger partial charge in [0.05, 0.1) is 17.5 Å². The van der Waals surface area contributed by atoms with Crippen molar-refractivity contribution in [1.29, 1.82) is 0 Å². The predicted octanol–water partition coefficient (Wildman–Crippen LogP) is 3.01. The smallest absolute Gasteiger partial charge is 0.329 e. The average molecular weight is 467 g/mol. The summed E-state index contributed by atoms with van der Waals surface area (Å²) in [6.07, 6.45) is 0.341. The molecule has 4 rings (SSSR count). The zero-order chi connectivity index (χ0) is 24.8. The fourth-order valence-electron chi connectivity index (χ4n) is 4.21. The molecule has 0 bridgehead atoms. The third kappa shape index (κ3) is 4.50. The summed E-state index contributed by atoms with van der Waals surface area (Å²) in [5.41, 5.74) is 1.39. The molecule has 0 spiro atoms. The van der Waals surface area contributed by atoms with E-state index in [1.807, 2.05) is 0 Å². The van der Waals surface area contributed by atoms with Crippen LogP contribution in [0.5, 0.6) is 0 Å². The number of rotatable bonds is 4. The number of imide groups is 1. The fourth-order valence-corrected chi connectivity index (χ4v) is 4.21. The molecule has 9 heteroatoms. The maximum Gasteiger partial charge on any atom is 0.329 e. The van der Waals surface area contributed by atoms with Crippen LogP contribution in [0.4, 0.5) is 4.39 Å². The van der Waals surface area contributed by atoms with Gasteiger partial charge in [0.2, 0.25) is 11.8 Å². The number of imidazole rings is 1. The second kappa shape index (κ2) is 8.55. The lowest BCUT2D eigenvalue weighted by atomic mass is 10.0. The second-order valence-corrected chi connectivity index (χ2v) is 9.46. The van der Waals surface area contributed by atoms with E-state index >= 15 is 0 Å². The van der Waals surface area contributed by atoms with Gasteiger partial charge >= 0.3 is 11.7 Å². The van der Waals surface area contributed by atoms with Gasteiger partial charge in [-0.15, -0.1) is 0 Å². The Labute approximate surface area is 195 Å². The van der Waals surface area contributed by atoms with Crippen LogP contribution in [0.1, 0.15) is 45.2 Å². The summed E-state index contributed by atoms with van der Waals surface area (Å²) in [5, 5.41) is 2.28. The van der Waals surface area contributed by atoms with Gasteiger partial charge in [0.15, 0.2) is 0 Å². The number of aryl methyl sites for hydroxylation is 1. The van der Waals surface area contributed by atoms with E-state index in [2.05, 4.69) is 5.32 Å². The molecule has 1 saturated heterocycles. The number of carbonyl (C=O) groups is 3. The normalized spacial score (nSPS) is 16.6. The lowest BCUT2D eigenvalue weighted by Gasteiger charge is -2.21. The van der Waals surface area contributed by atoms with Crippen LogP contribution in [0.2, 0.25) is 0 Å². The van der Waals surface area contributed by atoms with Gasteiger partial charge in [0.1, 0.15) is 17.5 Å². The van der Waals surface area contributed by atoms with Crippen molar-refractivity contribution in [2.24, 2.45) is 7.05 Å². The number of nitrogens with one attached hydrogen (secondary N) is 1. The largest absolute Gasteiger partial charge is 0.460 e. The molecule has 1 aliphatic heterocycles. The number of fused-ring (bicyclic) bond motifs is 1. The first-order valence-corrected chi connectivity index (χ1v) is 11.0. The molecule has 1 aliphatic rings. The molecule has 8 nitrogen and oxygen atoms in total. The Kier molecular flexibility index (Phi) is 5.89. The topological polar surface area (TPSA) is 99.4 Å². The van der Waals surface area contributed by atoms with E-state index in [1.54, 1.807) is 58.2 Å². The Morgan fingerprint density at radius 2 is 1.85 bits per heavy atom. The third-order valence-corrected chi connectivity index (χ3v) is 5.72. The van der Waals surface area contributed by atoms with Crippen molar-refractivity contribution in [2.45, 2.75) is 51.7 Å². The third-order valence-electron chi connectivity index (χ3n) is 5.72. The highest BCUT2D eigenvalue weighted by Gasteiger charge is 2.31. The van der Waals surface area contributed by atoms with Crippen molar-refractivity contribution in [3.63, 3.8) is 0 Å². The first-order chi connectivity index (χ1) is 15.9. The van der Waals surface area contributed by atoms with Crippen LogP contribution in [-0.2, 0) is 32.6 Å². The highest BCUT2D eigenvalue weighted by Crippen LogP contribution is 2.29. The SMILES string of the molecule is Cn1c(=O)n(C2CCC(=O)NC2=O)c2ccc(-c3ccc(CC(=O)OC(C)(C)C)cc3F)cc21.